The van der Waals surface area contributed by atoms with E-state index in [1.54, 1.807) is 12.3 Å². The van der Waals surface area contributed by atoms with Gasteiger partial charge in [-0.3, -0.25) is 0 Å². The van der Waals surface area contributed by atoms with Crippen LogP contribution in [0.15, 0.2) is 43.1 Å². The molecule has 0 aliphatic carbocycles. The summed E-state index contributed by atoms with van der Waals surface area (Å²) in [4.78, 5) is 8.74. The molecule has 4 nitrogen and oxygen atoms in total. The van der Waals surface area contributed by atoms with E-state index in [4.69, 9.17) is 4.74 Å². The fraction of sp³-hybridized carbons (Fsp3) is 0.400. The predicted molar refractivity (Wildman–Crippen MR) is 100 cm³/mol. The van der Waals surface area contributed by atoms with Gasteiger partial charge in [-0.05, 0) is 37.8 Å². The summed E-state index contributed by atoms with van der Waals surface area (Å²) in [6, 6.07) is 10.8. The Morgan fingerprint density at radius 1 is 1.29 bits per heavy atom. The van der Waals surface area contributed by atoms with Crippen molar-refractivity contribution in [3.05, 3.63) is 54.5 Å². The molecule has 0 amide bonds. The lowest BCUT2D eigenvalue weighted by Gasteiger charge is -2.17. The molecule has 0 fully saturated rings. The Hall–Kier alpha value is -2.36. The van der Waals surface area contributed by atoms with Crippen molar-refractivity contribution in [1.82, 2.24) is 9.97 Å². The molecule has 1 aromatic carbocycles. The Labute approximate surface area is 145 Å². The fourth-order valence-corrected chi connectivity index (χ4v) is 2.53. The van der Waals surface area contributed by atoms with Crippen molar-refractivity contribution in [1.29, 1.82) is 0 Å². The highest BCUT2D eigenvalue weighted by Gasteiger charge is 2.10. The van der Waals surface area contributed by atoms with Crippen LogP contribution in [0.25, 0.3) is 6.08 Å². The van der Waals surface area contributed by atoms with Crippen LogP contribution >= 0.6 is 0 Å². The Balaban J connectivity index is 1.93. The molecule has 0 aliphatic heterocycles. The molecule has 0 saturated heterocycles. The number of nitrogens with zero attached hydrogens (tertiary/aromatic N) is 2. The zero-order chi connectivity index (χ0) is 17.2. The molecule has 128 valence electrons. The van der Waals surface area contributed by atoms with Crippen molar-refractivity contribution in [2.75, 3.05) is 11.9 Å². The topological polar surface area (TPSA) is 47.0 Å². The van der Waals surface area contributed by atoms with E-state index >= 15 is 0 Å². The number of benzene rings is 1. The molecule has 0 bridgehead atoms. The van der Waals surface area contributed by atoms with E-state index in [-0.39, 0.29) is 0 Å². The number of anilines is 1. The minimum Gasteiger partial charge on any atom is -0.488 e. The van der Waals surface area contributed by atoms with Crippen LogP contribution in [0.5, 0.6) is 5.75 Å². The van der Waals surface area contributed by atoms with Gasteiger partial charge in [0.05, 0.1) is 12.8 Å². The second-order valence-electron chi connectivity index (χ2n) is 5.92. The minimum atomic E-state index is 0.342. The number of ether oxygens (including phenoxy) is 1. The molecule has 1 N–H and O–H groups in total. The summed E-state index contributed by atoms with van der Waals surface area (Å²) in [7, 11) is 0. The van der Waals surface area contributed by atoms with Gasteiger partial charge in [0.25, 0.3) is 0 Å². The number of hydrogen-bond acceptors (Lipinski definition) is 4. The van der Waals surface area contributed by atoms with Gasteiger partial charge in [-0.2, -0.15) is 0 Å². The maximum absolute atomic E-state index is 5.92. The molecule has 4 heteroatoms. The van der Waals surface area contributed by atoms with Crippen LogP contribution in [0.1, 0.15) is 44.5 Å². The van der Waals surface area contributed by atoms with Crippen molar-refractivity contribution in [3.63, 3.8) is 0 Å². The lowest BCUT2D eigenvalue weighted by Crippen LogP contribution is -2.17. The first-order chi connectivity index (χ1) is 11.7. The molecule has 24 heavy (non-hydrogen) atoms. The summed E-state index contributed by atoms with van der Waals surface area (Å²) in [5.74, 6) is 2.06. The van der Waals surface area contributed by atoms with Gasteiger partial charge in [-0.1, -0.05) is 50.3 Å². The number of rotatable bonds is 10. The average molecular weight is 325 g/mol. The van der Waals surface area contributed by atoms with Crippen molar-refractivity contribution in [3.8, 4) is 5.75 Å². The molecule has 0 spiro atoms. The van der Waals surface area contributed by atoms with Crippen molar-refractivity contribution < 1.29 is 4.74 Å². The number of aromatic nitrogens is 2. The smallest absolute Gasteiger partial charge is 0.179 e. The Morgan fingerprint density at radius 2 is 2.08 bits per heavy atom. The van der Waals surface area contributed by atoms with Gasteiger partial charge >= 0.3 is 0 Å². The van der Waals surface area contributed by atoms with E-state index in [0.717, 1.165) is 31.5 Å². The van der Waals surface area contributed by atoms with Crippen LogP contribution in [0.2, 0.25) is 0 Å². The first-order valence-electron chi connectivity index (χ1n) is 8.65. The molecule has 2 aromatic rings. The molecule has 0 saturated carbocycles. The average Bonchev–Trinajstić information content (AvgIpc) is 2.60. The van der Waals surface area contributed by atoms with E-state index in [1.807, 2.05) is 6.07 Å². The number of nitrogens with one attached hydrogen (secondary N) is 1. The largest absolute Gasteiger partial charge is 0.488 e. The second-order valence-corrected chi connectivity index (χ2v) is 5.92. The monoisotopic (exact) mass is 325 g/mol. The standard InChI is InChI=1S/C20H27N3O/c1-4-10-16(3)22-20-18(15-21-19(5-2)23-20)24-14-9-13-17-11-7-6-8-12-17/h5-8,11-12,15-16H,2,4,9-10,13-14H2,1,3H3,(H,21,22,23). The van der Waals surface area contributed by atoms with Crippen LogP contribution in [0.3, 0.4) is 0 Å². The summed E-state index contributed by atoms with van der Waals surface area (Å²) in [5, 5.41) is 3.42. The van der Waals surface area contributed by atoms with Crippen molar-refractivity contribution in [2.24, 2.45) is 0 Å². The van der Waals surface area contributed by atoms with Gasteiger partial charge in [-0.25, -0.2) is 9.97 Å². The van der Waals surface area contributed by atoms with Crippen molar-refractivity contribution >= 4 is 11.9 Å². The summed E-state index contributed by atoms with van der Waals surface area (Å²) in [6.45, 7) is 8.70. The third-order valence-electron chi connectivity index (χ3n) is 3.77. The van der Waals surface area contributed by atoms with Gasteiger partial charge in [-0.15, -0.1) is 0 Å². The summed E-state index contributed by atoms with van der Waals surface area (Å²) in [5.41, 5.74) is 1.33. The Kier molecular flexibility index (Phi) is 7.27. The van der Waals surface area contributed by atoms with Gasteiger partial charge in [0, 0.05) is 6.04 Å². The predicted octanol–water partition coefficient (Wildman–Crippen LogP) is 4.73. The second kappa shape index (κ2) is 9.71. The molecule has 0 radical (unpaired) electrons. The summed E-state index contributed by atoms with van der Waals surface area (Å²) < 4.78 is 5.92. The highest BCUT2D eigenvalue weighted by molar-refractivity contribution is 5.52. The molecule has 1 aromatic heterocycles. The van der Waals surface area contributed by atoms with E-state index in [0.29, 0.717) is 24.2 Å². The number of aryl methyl sites for hydroxylation is 1. The first-order valence-corrected chi connectivity index (χ1v) is 8.65. The summed E-state index contributed by atoms with van der Waals surface area (Å²) in [6.07, 6.45) is 7.54. The highest BCUT2D eigenvalue weighted by atomic mass is 16.5. The molecular weight excluding hydrogens is 298 g/mol. The SMILES string of the molecule is C=Cc1ncc(OCCCc2ccccc2)c(NC(C)CCC)n1. The Bertz CT molecular complexity index is 628. The highest BCUT2D eigenvalue weighted by Crippen LogP contribution is 2.23. The van der Waals surface area contributed by atoms with Gasteiger partial charge < -0.3 is 10.1 Å². The Morgan fingerprint density at radius 3 is 2.79 bits per heavy atom. The molecule has 1 unspecified atom stereocenters. The quantitative estimate of drug-likeness (QED) is 0.641. The number of hydrogen-bond donors (Lipinski definition) is 1. The summed E-state index contributed by atoms with van der Waals surface area (Å²) >= 11 is 0. The maximum atomic E-state index is 5.92. The zero-order valence-corrected chi connectivity index (χ0v) is 14.7. The normalized spacial score (nSPS) is 11.8. The minimum absolute atomic E-state index is 0.342. The van der Waals surface area contributed by atoms with Crippen LogP contribution in [0.4, 0.5) is 5.82 Å². The van der Waals surface area contributed by atoms with E-state index in [2.05, 4.69) is 60.0 Å². The van der Waals surface area contributed by atoms with E-state index in [9.17, 15) is 0 Å². The van der Waals surface area contributed by atoms with Crippen LogP contribution in [-0.2, 0) is 6.42 Å². The van der Waals surface area contributed by atoms with Gasteiger partial charge in [0.2, 0.25) is 0 Å². The van der Waals surface area contributed by atoms with Crippen LogP contribution < -0.4 is 10.1 Å². The van der Waals surface area contributed by atoms with Gasteiger partial charge in [0.15, 0.2) is 17.4 Å². The third-order valence-corrected chi connectivity index (χ3v) is 3.77. The lowest BCUT2D eigenvalue weighted by atomic mass is 10.1. The zero-order valence-electron chi connectivity index (χ0n) is 14.7. The maximum Gasteiger partial charge on any atom is 0.179 e. The molecule has 1 atom stereocenters. The van der Waals surface area contributed by atoms with E-state index < -0.39 is 0 Å². The molecule has 0 aliphatic rings. The van der Waals surface area contributed by atoms with Gasteiger partial charge in [0.1, 0.15) is 0 Å². The molecule has 1 heterocycles. The van der Waals surface area contributed by atoms with Crippen molar-refractivity contribution in [2.45, 2.75) is 45.6 Å². The first kappa shape index (κ1) is 18.0. The van der Waals surface area contributed by atoms with Crippen LogP contribution in [-0.4, -0.2) is 22.6 Å². The molecular formula is C20H27N3O. The lowest BCUT2D eigenvalue weighted by molar-refractivity contribution is 0.309. The van der Waals surface area contributed by atoms with E-state index in [1.165, 1.54) is 5.56 Å². The fourth-order valence-electron chi connectivity index (χ4n) is 2.53. The van der Waals surface area contributed by atoms with Crippen LogP contribution in [0, 0.1) is 0 Å². The third kappa shape index (κ3) is 5.69. The molecule has 2 rings (SSSR count).